The SMILES string of the molecule is CCOC(=O)/C=C1\CCCc2c(OC)ccc(C)c21. The molecule has 0 bridgehead atoms. The maximum Gasteiger partial charge on any atom is 0.331 e. The standard InChI is InChI=1S/C16H20O3/c1-4-19-15(17)10-12-6-5-7-13-14(18-3)9-8-11(2)16(12)13/h8-10H,4-7H2,1-3H3/b12-10+. The van der Waals surface area contributed by atoms with Crippen LogP contribution in [-0.4, -0.2) is 19.7 Å². The van der Waals surface area contributed by atoms with Gasteiger partial charge in [-0.25, -0.2) is 4.79 Å². The summed E-state index contributed by atoms with van der Waals surface area (Å²) in [6.45, 7) is 4.30. The Kier molecular flexibility index (Phi) is 4.25. The van der Waals surface area contributed by atoms with Gasteiger partial charge in [0.25, 0.3) is 0 Å². The lowest BCUT2D eigenvalue weighted by Crippen LogP contribution is -2.09. The summed E-state index contributed by atoms with van der Waals surface area (Å²) in [7, 11) is 1.69. The molecule has 3 heteroatoms. The largest absolute Gasteiger partial charge is 0.496 e. The number of esters is 1. The Balaban J connectivity index is 2.46. The summed E-state index contributed by atoms with van der Waals surface area (Å²) in [6.07, 6.45) is 4.59. The Hall–Kier alpha value is -1.77. The third kappa shape index (κ3) is 2.80. The number of allylic oxidation sites excluding steroid dienone is 1. The van der Waals surface area contributed by atoms with Crippen molar-refractivity contribution < 1.29 is 14.3 Å². The number of ether oxygens (including phenoxy) is 2. The van der Waals surface area contributed by atoms with E-state index in [1.807, 2.05) is 19.1 Å². The van der Waals surface area contributed by atoms with Gasteiger partial charge in [0.2, 0.25) is 0 Å². The van der Waals surface area contributed by atoms with Gasteiger partial charge in [-0.05, 0) is 55.9 Å². The number of carbonyl (C=O) groups excluding carboxylic acids is 1. The van der Waals surface area contributed by atoms with Crippen LogP contribution in [0.1, 0.15) is 36.5 Å². The van der Waals surface area contributed by atoms with Crippen molar-refractivity contribution in [2.45, 2.75) is 33.1 Å². The molecule has 19 heavy (non-hydrogen) atoms. The molecule has 3 nitrogen and oxygen atoms in total. The van der Waals surface area contributed by atoms with Gasteiger partial charge >= 0.3 is 5.97 Å². The first-order valence-corrected chi connectivity index (χ1v) is 6.71. The Morgan fingerprint density at radius 2 is 2.16 bits per heavy atom. The van der Waals surface area contributed by atoms with Crippen molar-refractivity contribution in [1.29, 1.82) is 0 Å². The quantitative estimate of drug-likeness (QED) is 0.618. The molecule has 0 atom stereocenters. The zero-order chi connectivity index (χ0) is 13.8. The van der Waals surface area contributed by atoms with E-state index in [0.717, 1.165) is 30.6 Å². The summed E-state index contributed by atoms with van der Waals surface area (Å²) in [5, 5.41) is 0. The van der Waals surface area contributed by atoms with E-state index in [4.69, 9.17) is 9.47 Å². The zero-order valence-electron chi connectivity index (χ0n) is 11.8. The fourth-order valence-corrected chi connectivity index (χ4v) is 2.68. The van der Waals surface area contributed by atoms with Crippen molar-refractivity contribution in [3.63, 3.8) is 0 Å². The summed E-state index contributed by atoms with van der Waals surface area (Å²) < 4.78 is 10.4. The van der Waals surface area contributed by atoms with Crippen LogP contribution >= 0.6 is 0 Å². The van der Waals surface area contributed by atoms with Crippen LogP contribution in [0, 0.1) is 6.92 Å². The van der Waals surface area contributed by atoms with E-state index in [9.17, 15) is 4.79 Å². The number of aryl methyl sites for hydroxylation is 1. The minimum absolute atomic E-state index is 0.257. The highest BCUT2D eigenvalue weighted by atomic mass is 16.5. The van der Waals surface area contributed by atoms with Crippen LogP contribution in [0.25, 0.3) is 5.57 Å². The lowest BCUT2D eigenvalue weighted by Gasteiger charge is -2.23. The average molecular weight is 260 g/mol. The Morgan fingerprint density at radius 3 is 2.84 bits per heavy atom. The normalized spacial score (nSPS) is 16.1. The van der Waals surface area contributed by atoms with Gasteiger partial charge in [-0.2, -0.15) is 0 Å². The zero-order valence-corrected chi connectivity index (χ0v) is 11.8. The molecule has 0 spiro atoms. The minimum atomic E-state index is -0.257. The monoisotopic (exact) mass is 260 g/mol. The van der Waals surface area contributed by atoms with E-state index in [1.165, 1.54) is 16.7 Å². The van der Waals surface area contributed by atoms with Gasteiger partial charge in [0.1, 0.15) is 5.75 Å². The molecule has 102 valence electrons. The van der Waals surface area contributed by atoms with E-state index < -0.39 is 0 Å². The number of hydrogen-bond acceptors (Lipinski definition) is 3. The maximum atomic E-state index is 11.7. The summed E-state index contributed by atoms with van der Waals surface area (Å²) in [5.74, 6) is 0.655. The third-order valence-corrected chi connectivity index (χ3v) is 3.47. The average Bonchev–Trinajstić information content (AvgIpc) is 2.39. The molecule has 0 fully saturated rings. The minimum Gasteiger partial charge on any atom is -0.496 e. The van der Waals surface area contributed by atoms with Gasteiger partial charge in [-0.3, -0.25) is 0 Å². The summed E-state index contributed by atoms with van der Waals surface area (Å²) in [6, 6.07) is 4.05. The predicted octanol–water partition coefficient (Wildman–Crippen LogP) is 3.29. The van der Waals surface area contributed by atoms with E-state index in [1.54, 1.807) is 13.2 Å². The molecule has 0 aromatic heterocycles. The fourth-order valence-electron chi connectivity index (χ4n) is 2.68. The number of carbonyl (C=O) groups is 1. The highest BCUT2D eigenvalue weighted by Crippen LogP contribution is 2.38. The van der Waals surface area contributed by atoms with Gasteiger partial charge in [0.15, 0.2) is 0 Å². The van der Waals surface area contributed by atoms with Crippen molar-refractivity contribution in [3.05, 3.63) is 34.9 Å². The van der Waals surface area contributed by atoms with Crippen LogP contribution in [0.3, 0.4) is 0 Å². The van der Waals surface area contributed by atoms with Gasteiger partial charge in [-0.1, -0.05) is 6.07 Å². The van der Waals surface area contributed by atoms with Gasteiger partial charge < -0.3 is 9.47 Å². The summed E-state index contributed by atoms with van der Waals surface area (Å²) in [4.78, 5) is 11.7. The molecular formula is C16H20O3. The van der Waals surface area contributed by atoms with Crippen molar-refractivity contribution >= 4 is 11.5 Å². The van der Waals surface area contributed by atoms with E-state index >= 15 is 0 Å². The Bertz CT molecular complexity index is 515. The van der Waals surface area contributed by atoms with Gasteiger partial charge in [0.05, 0.1) is 13.7 Å². The molecule has 2 rings (SSSR count). The second-order valence-corrected chi connectivity index (χ2v) is 4.71. The number of fused-ring (bicyclic) bond motifs is 1. The molecule has 0 saturated carbocycles. The van der Waals surface area contributed by atoms with Crippen molar-refractivity contribution in [2.24, 2.45) is 0 Å². The highest BCUT2D eigenvalue weighted by molar-refractivity contribution is 5.93. The molecule has 1 aliphatic carbocycles. The third-order valence-electron chi connectivity index (χ3n) is 3.47. The fraction of sp³-hybridized carbons (Fsp3) is 0.438. The van der Waals surface area contributed by atoms with Crippen molar-refractivity contribution in [3.8, 4) is 5.75 Å². The lowest BCUT2D eigenvalue weighted by atomic mass is 9.84. The predicted molar refractivity (Wildman–Crippen MR) is 75.3 cm³/mol. The van der Waals surface area contributed by atoms with Crippen LogP contribution in [0.15, 0.2) is 18.2 Å². The number of benzene rings is 1. The number of hydrogen-bond donors (Lipinski definition) is 0. The first kappa shape index (κ1) is 13.7. The Labute approximate surface area is 114 Å². The van der Waals surface area contributed by atoms with E-state index in [-0.39, 0.29) is 5.97 Å². The van der Waals surface area contributed by atoms with Crippen LogP contribution in [0.5, 0.6) is 5.75 Å². The first-order valence-electron chi connectivity index (χ1n) is 6.71. The molecule has 0 heterocycles. The lowest BCUT2D eigenvalue weighted by molar-refractivity contribution is -0.137. The van der Waals surface area contributed by atoms with Gasteiger partial charge in [-0.15, -0.1) is 0 Å². The molecule has 0 aliphatic heterocycles. The molecule has 1 aromatic rings. The van der Waals surface area contributed by atoms with Gasteiger partial charge in [0, 0.05) is 11.6 Å². The van der Waals surface area contributed by atoms with Crippen LogP contribution in [0.4, 0.5) is 0 Å². The molecule has 0 radical (unpaired) electrons. The van der Waals surface area contributed by atoms with Crippen molar-refractivity contribution in [2.75, 3.05) is 13.7 Å². The van der Waals surface area contributed by atoms with Crippen LogP contribution in [0.2, 0.25) is 0 Å². The maximum absolute atomic E-state index is 11.7. The smallest absolute Gasteiger partial charge is 0.331 e. The summed E-state index contributed by atoms with van der Waals surface area (Å²) in [5.41, 5.74) is 4.63. The molecule has 0 unspecified atom stereocenters. The number of rotatable bonds is 3. The molecule has 0 saturated heterocycles. The molecule has 1 aliphatic rings. The first-order chi connectivity index (χ1) is 9.17. The highest BCUT2D eigenvalue weighted by Gasteiger charge is 2.20. The second kappa shape index (κ2) is 5.91. The molecule has 0 amide bonds. The molecular weight excluding hydrogens is 240 g/mol. The van der Waals surface area contributed by atoms with E-state index in [0.29, 0.717) is 6.61 Å². The Morgan fingerprint density at radius 1 is 1.37 bits per heavy atom. The van der Waals surface area contributed by atoms with Crippen molar-refractivity contribution in [1.82, 2.24) is 0 Å². The second-order valence-electron chi connectivity index (χ2n) is 4.71. The van der Waals surface area contributed by atoms with Crippen LogP contribution in [-0.2, 0) is 16.0 Å². The van der Waals surface area contributed by atoms with Crippen LogP contribution < -0.4 is 4.74 Å². The molecule has 1 aromatic carbocycles. The molecule has 0 N–H and O–H groups in total. The van der Waals surface area contributed by atoms with E-state index in [2.05, 4.69) is 6.92 Å². The topological polar surface area (TPSA) is 35.5 Å². The summed E-state index contributed by atoms with van der Waals surface area (Å²) >= 11 is 0. The number of methoxy groups -OCH3 is 1.